The number of benzene rings is 3. The first kappa shape index (κ1) is 78.4. The predicted octanol–water partition coefficient (Wildman–Crippen LogP) is 10.4. The number of amides is 2. The summed E-state index contributed by atoms with van der Waals surface area (Å²) < 4.78 is 32.6. The summed E-state index contributed by atoms with van der Waals surface area (Å²) in [5, 5.41) is 21.1. The molecule has 3 atom stereocenters. The van der Waals surface area contributed by atoms with Crippen LogP contribution in [-0.2, 0) is 46.4 Å². The van der Waals surface area contributed by atoms with Gasteiger partial charge in [0.25, 0.3) is 5.91 Å². The fourth-order valence-corrected chi connectivity index (χ4v) is 8.44. The number of nitrogens with zero attached hydrogens (tertiary/aromatic N) is 7. The molecule has 2 amide bonds. The Morgan fingerprint density at radius 2 is 1.56 bits per heavy atom. The number of ether oxygens (including phenoxy) is 3. The average molecular weight is 1350 g/mol. The summed E-state index contributed by atoms with van der Waals surface area (Å²) in [6, 6.07) is 16.7. The molecule has 3 unspecified atom stereocenters. The largest absolute Gasteiger partial charge is 0.778 e. The third-order valence-corrected chi connectivity index (χ3v) is 12.4. The van der Waals surface area contributed by atoms with Crippen LogP contribution in [0.5, 0.6) is 11.5 Å². The molecule has 85 heavy (non-hydrogen) atoms. The molecule has 5 N–H and O–H groups in total. The minimum atomic E-state index is -4.35. The number of anilines is 4. The monoisotopic (exact) mass is 1350 g/mol. The van der Waals surface area contributed by atoms with E-state index in [9.17, 15) is 28.6 Å². The number of carbonyl (C=O) groups excluding carboxylic acids is 2. The van der Waals surface area contributed by atoms with E-state index in [4.69, 9.17) is 98.2 Å². The third kappa shape index (κ3) is 28.8. The van der Waals surface area contributed by atoms with E-state index < -0.39 is 37.0 Å². The summed E-state index contributed by atoms with van der Waals surface area (Å²) in [7, 11) is -2.07. The zero-order valence-corrected chi connectivity index (χ0v) is 57.0. The number of methoxy groups -OCH3 is 1. The number of rotatable bonds is 18. The smallest absolute Gasteiger partial charge is 0.442 e. The number of hydrogen-bond donors (Lipinski definition) is 5. The maximum Gasteiger partial charge on any atom is 0.442 e. The number of carboxylic acid groups (broad SMARTS) is 1. The highest BCUT2D eigenvalue weighted by Crippen LogP contribution is 2.36. The van der Waals surface area contributed by atoms with Crippen molar-refractivity contribution in [3.05, 3.63) is 97.5 Å². The van der Waals surface area contributed by atoms with E-state index in [1.54, 1.807) is 23.0 Å². The van der Waals surface area contributed by atoms with Crippen molar-refractivity contribution in [2.75, 3.05) is 84.8 Å². The van der Waals surface area contributed by atoms with Gasteiger partial charge in [0.05, 0.1) is 83.5 Å². The number of aromatic nitrogens is 5. The van der Waals surface area contributed by atoms with E-state index >= 15 is 0 Å². The number of halogens is 6. The summed E-state index contributed by atoms with van der Waals surface area (Å²) >= 11 is 35.0. The van der Waals surface area contributed by atoms with Crippen LogP contribution >= 0.6 is 77.2 Å². The molecule has 0 radical (unpaired) electrons. The SMILES string of the molecule is CC(C)Oc1cc(-n2nc(C(C)(C)C)oc2=O)c(Cl)cc1Cl.CC1COc2ccccc2N1C(=O)C(Cl)Cl.CCNc1nc(Cl)nc(NC(C)C)n1.CCc1cccc(C)c1N(C(=O)CCl)C(C)COC.C[S+](C)C.O=C(O)CNCP(=O)([O-])O. The number of aryl methyl sites for hydroxylation is 2. The van der Waals surface area contributed by atoms with E-state index in [0.717, 1.165) is 40.1 Å². The van der Waals surface area contributed by atoms with Gasteiger partial charge in [-0.25, -0.2) is 4.79 Å². The second-order valence-corrected chi connectivity index (χ2v) is 27.0. The highest BCUT2D eigenvalue weighted by atomic mass is 35.5. The van der Waals surface area contributed by atoms with Gasteiger partial charge < -0.3 is 58.5 Å². The molecule has 1 aliphatic heterocycles. The number of alkyl halides is 3. The maximum absolute atomic E-state index is 12.2. The van der Waals surface area contributed by atoms with Crippen molar-refractivity contribution in [2.45, 2.75) is 124 Å². The first-order valence-corrected chi connectivity index (χ1v) is 33.2. The van der Waals surface area contributed by atoms with Gasteiger partial charge in [-0.15, -0.1) is 16.7 Å². The Hall–Kier alpha value is -4.62. The molecule has 30 heteroatoms. The van der Waals surface area contributed by atoms with Gasteiger partial charge >= 0.3 is 11.7 Å². The van der Waals surface area contributed by atoms with Crippen molar-refractivity contribution in [3.8, 4) is 17.2 Å². The van der Waals surface area contributed by atoms with Crippen LogP contribution in [0.4, 0.5) is 23.3 Å². The van der Waals surface area contributed by atoms with E-state index in [1.807, 2.05) is 118 Å². The molecule has 476 valence electrons. The van der Waals surface area contributed by atoms with Crippen molar-refractivity contribution >= 4 is 129 Å². The van der Waals surface area contributed by atoms with E-state index in [-0.39, 0.29) is 57.6 Å². The first-order chi connectivity index (χ1) is 39.5. The quantitative estimate of drug-likeness (QED) is 0.0309. The molecule has 0 spiro atoms. The Morgan fingerprint density at radius 3 is 2.07 bits per heavy atom. The molecule has 5 aromatic rings. The zero-order chi connectivity index (χ0) is 65.1. The highest BCUT2D eigenvalue weighted by molar-refractivity contribution is 7.94. The van der Waals surface area contributed by atoms with Gasteiger partial charge in [-0.3, -0.25) is 19.7 Å². The highest BCUT2D eigenvalue weighted by Gasteiger charge is 2.32. The molecule has 0 saturated carbocycles. The summed E-state index contributed by atoms with van der Waals surface area (Å²) in [5.74, 6) is 0.235. The molecule has 3 heterocycles. The Labute approximate surface area is 531 Å². The van der Waals surface area contributed by atoms with Gasteiger partial charge in [0.2, 0.25) is 29.0 Å². The molecule has 6 rings (SSSR count). The van der Waals surface area contributed by atoms with Crippen LogP contribution < -0.4 is 45.9 Å². The lowest BCUT2D eigenvalue weighted by molar-refractivity contribution is -0.193. The van der Waals surface area contributed by atoms with Crippen molar-refractivity contribution in [1.82, 2.24) is 30.0 Å². The van der Waals surface area contributed by atoms with E-state index in [1.165, 1.54) is 6.07 Å². The summed E-state index contributed by atoms with van der Waals surface area (Å²) in [6.45, 7) is 24.6. The van der Waals surface area contributed by atoms with Crippen LogP contribution in [0.2, 0.25) is 15.3 Å². The number of carbonyl (C=O) groups is 3. The van der Waals surface area contributed by atoms with Crippen LogP contribution in [-0.4, -0.2) is 146 Å². The van der Waals surface area contributed by atoms with E-state index in [2.05, 4.69) is 62.4 Å². The van der Waals surface area contributed by atoms with Crippen LogP contribution in [0.15, 0.2) is 63.8 Å². The second kappa shape index (κ2) is 38.6. The predicted molar refractivity (Wildman–Crippen MR) is 344 cm³/mol. The lowest BCUT2D eigenvalue weighted by atomic mass is 9.97. The van der Waals surface area contributed by atoms with Crippen molar-refractivity contribution in [3.63, 3.8) is 0 Å². The van der Waals surface area contributed by atoms with Gasteiger partial charge in [0.15, 0.2) is 4.84 Å². The van der Waals surface area contributed by atoms with Crippen molar-refractivity contribution in [1.29, 1.82) is 0 Å². The molecule has 0 saturated heterocycles. The Bertz CT molecular complexity index is 2980. The second-order valence-electron chi connectivity index (χ2n) is 20.4. The summed E-state index contributed by atoms with van der Waals surface area (Å²) in [5.41, 5.74) is 3.91. The van der Waals surface area contributed by atoms with E-state index in [0.29, 0.717) is 64.1 Å². The van der Waals surface area contributed by atoms with Crippen LogP contribution in [0.25, 0.3) is 5.69 Å². The van der Waals surface area contributed by atoms with Gasteiger partial charge in [-0.1, -0.05) is 104 Å². The molecule has 0 aliphatic carbocycles. The number of aliphatic carboxylic acids is 1. The zero-order valence-electron chi connectivity index (χ0n) is 50.8. The van der Waals surface area contributed by atoms with Gasteiger partial charge in [-0.05, 0) is 114 Å². The topological polar surface area (TPSA) is 289 Å². The number of para-hydroxylation sites is 3. The average Bonchev–Trinajstić information content (AvgIpc) is 3.53. The van der Waals surface area contributed by atoms with Gasteiger partial charge in [0, 0.05) is 31.2 Å². The standard InChI is InChI=1S/C15H18Cl2N2O3.C15H22ClNO2.C11H11Cl2NO2.C8H14ClN5.C3H8NO5P.C3H9S/c1-8(2)21-12-7-11(9(16)6-10(12)17)19-14(20)22-13(18-19)15(3,4)5;1-5-13-8-6-7-11(2)15(13)17(14(18)9-16)12(3)10-19-4;1-7-6-16-9-5-3-2-4-8(9)14(7)11(15)10(12)13;1-4-10-7-12-6(9)13-8(14-7)11-5(2)3;5-3(6)1-4-2-10(7,8)9;1-4(2)3/h6-8H,1-5H3;6-8,12H,5,9-10H2,1-4H3;2-5,7,10H,6H2,1H3;5H,4H2,1-3H3,(H2,10,11,12,13,14);4H,1-2H2,(H,5,6)(H2,7,8,9);1-3H3/q;;;;;+1/p-1. The minimum Gasteiger partial charge on any atom is -0.778 e. The van der Waals surface area contributed by atoms with Crippen LogP contribution in [0, 0.1) is 6.92 Å². The number of nitrogens with one attached hydrogen (secondary N) is 3. The molecule has 3 aromatic carbocycles. The number of fused-ring (bicyclic) bond motifs is 1. The van der Waals surface area contributed by atoms with Crippen molar-refractivity contribution in [2.24, 2.45) is 0 Å². The molecule has 0 fully saturated rings. The summed E-state index contributed by atoms with van der Waals surface area (Å²) in [6.07, 6.45) is 6.69. The lowest BCUT2D eigenvalue weighted by Crippen LogP contribution is -2.47. The molecule has 1 aliphatic rings. The Kier molecular flexibility index (Phi) is 35.6. The lowest BCUT2D eigenvalue weighted by Gasteiger charge is -2.35. The fourth-order valence-electron chi connectivity index (χ4n) is 7.03. The Balaban J connectivity index is 0.000000533. The summed E-state index contributed by atoms with van der Waals surface area (Å²) in [4.78, 5) is 78.2. The van der Waals surface area contributed by atoms with Gasteiger partial charge in [0.1, 0.15) is 31.6 Å². The van der Waals surface area contributed by atoms with Crippen LogP contribution in [0.1, 0.15) is 93.2 Å². The minimum absolute atomic E-state index is 0.0223. The third-order valence-electron chi connectivity index (χ3n) is 10.4. The molecule has 22 nitrogen and oxygen atoms in total. The van der Waals surface area contributed by atoms with Crippen molar-refractivity contribution < 1.29 is 52.5 Å². The molecular formula is C55H81Cl6N10O12PS. The fraction of sp³-hybridized carbons (Fsp3) is 0.527. The maximum atomic E-state index is 12.2. The van der Waals surface area contributed by atoms with Crippen LogP contribution in [0.3, 0.4) is 0 Å². The molecule has 0 bridgehead atoms. The molecular weight excluding hydrogens is 1270 g/mol. The first-order valence-electron chi connectivity index (χ1n) is 26.4. The Morgan fingerprint density at radius 1 is 0.953 bits per heavy atom. The van der Waals surface area contributed by atoms with Gasteiger partial charge in [-0.2, -0.15) is 19.6 Å². The number of hydrogen-bond acceptors (Lipinski definition) is 17. The normalized spacial score (nSPS) is 13.5. The number of carboxylic acids is 1. The molecule has 2 aromatic heterocycles.